The molecule has 1 saturated carbocycles. The summed E-state index contributed by atoms with van der Waals surface area (Å²) in [5.41, 5.74) is 0.608. The van der Waals surface area contributed by atoms with Crippen LogP contribution in [0.5, 0.6) is 0 Å². The first-order valence-electron chi connectivity index (χ1n) is 8.36. The molecule has 138 valence electrons. The summed E-state index contributed by atoms with van der Waals surface area (Å²) < 4.78 is 45.4. The van der Waals surface area contributed by atoms with Crippen LogP contribution in [0.25, 0.3) is 5.78 Å². The molecule has 2 aromatic rings. The number of aromatic nitrogens is 4. The minimum absolute atomic E-state index is 0.0317. The second-order valence-electron chi connectivity index (χ2n) is 6.66. The number of rotatable bonds is 5. The molecule has 9 heteroatoms. The number of aryl methyl sites for hydroxylation is 1. The average molecular weight is 357 g/mol. The van der Waals surface area contributed by atoms with Crippen LogP contribution in [0.3, 0.4) is 0 Å². The van der Waals surface area contributed by atoms with Gasteiger partial charge >= 0.3 is 6.18 Å². The first-order chi connectivity index (χ1) is 11.8. The highest BCUT2D eigenvalue weighted by Crippen LogP contribution is 2.33. The summed E-state index contributed by atoms with van der Waals surface area (Å²) in [5, 5.41) is 3.68. The first-order valence-corrected chi connectivity index (χ1v) is 8.36. The van der Waals surface area contributed by atoms with Crippen LogP contribution in [0.1, 0.15) is 37.7 Å². The van der Waals surface area contributed by atoms with Crippen molar-refractivity contribution in [1.82, 2.24) is 19.6 Å². The molecule has 0 N–H and O–H groups in total. The first kappa shape index (κ1) is 17.9. The summed E-state index contributed by atoms with van der Waals surface area (Å²) in [4.78, 5) is 9.76. The van der Waals surface area contributed by atoms with Crippen molar-refractivity contribution in [3.05, 3.63) is 17.6 Å². The number of anilines is 1. The van der Waals surface area contributed by atoms with Crippen LogP contribution in [-0.2, 0) is 10.9 Å². The summed E-state index contributed by atoms with van der Waals surface area (Å²) in [6.45, 7) is 5.00. The van der Waals surface area contributed by atoms with Gasteiger partial charge in [0.05, 0.1) is 6.61 Å². The maximum absolute atomic E-state index is 13.0. The molecule has 0 aromatic carbocycles. The molecule has 2 atom stereocenters. The van der Waals surface area contributed by atoms with E-state index in [9.17, 15) is 13.2 Å². The Labute approximate surface area is 144 Å². The fraction of sp³-hybridized carbons (Fsp3) is 0.688. The van der Waals surface area contributed by atoms with Crippen molar-refractivity contribution in [3.63, 3.8) is 0 Å². The van der Waals surface area contributed by atoms with E-state index in [2.05, 4.69) is 26.9 Å². The average Bonchev–Trinajstić information content (AvgIpc) is 3.13. The second kappa shape index (κ2) is 6.78. The van der Waals surface area contributed by atoms with E-state index in [1.54, 1.807) is 20.1 Å². The fourth-order valence-corrected chi connectivity index (χ4v) is 3.43. The van der Waals surface area contributed by atoms with Crippen LogP contribution in [0.2, 0.25) is 0 Å². The molecule has 6 nitrogen and oxygen atoms in total. The van der Waals surface area contributed by atoms with E-state index < -0.39 is 12.0 Å². The number of nitrogens with zero attached hydrogens (tertiary/aromatic N) is 5. The van der Waals surface area contributed by atoms with E-state index >= 15 is 0 Å². The van der Waals surface area contributed by atoms with Crippen LogP contribution in [-0.4, -0.2) is 45.9 Å². The van der Waals surface area contributed by atoms with Crippen molar-refractivity contribution >= 4 is 11.6 Å². The molecule has 2 heterocycles. The molecular weight excluding hydrogens is 335 g/mol. The largest absolute Gasteiger partial charge is 0.453 e. The van der Waals surface area contributed by atoms with Gasteiger partial charge in [0, 0.05) is 31.5 Å². The van der Waals surface area contributed by atoms with Crippen LogP contribution in [0.4, 0.5) is 19.0 Å². The van der Waals surface area contributed by atoms with Crippen LogP contribution in [0.15, 0.2) is 6.07 Å². The molecular formula is C16H22F3N5O. The van der Waals surface area contributed by atoms with Crippen molar-refractivity contribution in [3.8, 4) is 0 Å². The Kier molecular flexibility index (Phi) is 4.86. The number of hydrogen-bond donors (Lipinski definition) is 0. The van der Waals surface area contributed by atoms with Gasteiger partial charge < -0.3 is 9.64 Å². The molecule has 25 heavy (non-hydrogen) atoms. The van der Waals surface area contributed by atoms with Crippen LogP contribution in [0, 0.1) is 12.8 Å². The van der Waals surface area contributed by atoms with E-state index in [1.165, 1.54) is 4.52 Å². The number of alkyl halides is 3. The number of methoxy groups -OCH3 is 1. The second-order valence-corrected chi connectivity index (χ2v) is 6.66. The molecule has 0 bridgehead atoms. The molecule has 2 unspecified atom stereocenters. The van der Waals surface area contributed by atoms with E-state index in [0.717, 1.165) is 19.3 Å². The van der Waals surface area contributed by atoms with Crippen molar-refractivity contribution in [2.45, 2.75) is 45.3 Å². The van der Waals surface area contributed by atoms with Gasteiger partial charge in [0.15, 0.2) is 0 Å². The summed E-state index contributed by atoms with van der Waals surface area (Å²) in [6.07, 6.45) is -1.51. The summed E-state index contributed by atoms with van der Waals surface area (Å²) in [7, 11) is 1.61. The smallest absolute Gasteiger partial charge is 0.383 e. The number of ether oxygens (including phenoxy) is 1. The lowest BCUT2D eigenvalue weighted by Gasteiger charge is -2.31. The zero-order valence-electron chi connectivity index (χ0n) is 14.5. The van der Waals surface area contributed by atoms with Crippen LogP contribution < -0.4 is 4.90 Å². The lowest BCUT2D eigenvalue weighted by Crippen LogP contribution is -2.38. The van der Waals surface area contributed by atoms with Gasteiger partial charge in [-0.15, -0.1) is 5.10 Å². The highest BCUT2D eigenvalue weighted by Gasteiger charge is 2.37. The summed E-state index contributed by atoms with van der Waals surface area (Å²) in [5.74, 6) is -0.0225. The maximum atomic E-state index is 13.0. The third kappa shape index (κ3) is 3.70. The molecule has 1 fully saturated rings. The molecule has 0 amide bonds. The number of halogens is 3. The SMILES string of the molecule is COCCN(c1cc(C)nc2nc(C(F)(F)F)nn12)C1CCC(C)C1. The lowest BCUT2D eigenvalue weighted by molar-refractivity contribution is -0.144. The molecule has 0 saturated heterocycles. The molecule has 3 rings (SSSR count). The van der Waals surface area contributed by atoms with Gasteiger partial charge in [-0.25, -0.2) is 4.98 Å². The quantitative estimate of drug-likeness (QED) is 0.823. The Hall–Kier alpha value is -1.90. The monoisotopic (exact) mass is 357 g/mol. The Balaban J connectivity index is 2.07. The Morgan fingerprint density at radius 2 is 2.08 bits per heavy atom. The molecule has 2 aromatic heterocycles. The van der Waals surface area contributed by atoms with Crippen molar-refractivity contribution < 1.29 is 17.9 Å². The third-order valence-electron chi connectivity index (χ3n) is 4.61. The third-order valence-corrected chi connectivity index (χ3v) is 4.61. The van der Waals surface area contributed by atoms with Gasteiger partial charge in [-0.3, -0.25) is 0 Å². The van der Waals surface area contributed by atoms with Gasteiger partial charge in [-0.05, 0) is 32.1 Å². The normalized spacial score (nSPS) is 21.2. The molecule has 1 aliphatic carbocycles. The Morgan fingerprint density at radius 1 is 1.32 bits per heavy atom. The van der Waals surface area contributed by atoms with Crippen molar-refractivity contribution in [1.29, 1.82) is 0 Å². The number of hydrogen-bond acceptors (Lipinski definition) is 5. The van der Waals surface area contributed by atoms with E-state index in [4.69, 9.17) is 4.74 Å². The minimum Gasteiger partial charge on any atom is -0.383 e. The molecule has 0 spiro atoms. The van der Waals surface area contributed by atoms with E-state index in [-0.39, 0.29) is 11.8 Å². The van der Waals surface area contributed by atoms with Gasteiger partial charge in [0.1, 0.15) is 5.82 Å². The standard InChI is InChI=1S/C16H22F3N5O/c1-10-4-5-12(8-10)23(6-7-25-3)13-9-11(2)20-15-21-14(16(17,18)19)22-24(13)15/h9-10,12H,4-8H2,1-3H3. The summed E-state index contributed by atoms with van der Waals surface area (Å²) in [6, 6.07) is 2.01. The van der Waals surface area contributed by atoms with Crippen molar-refractivity contribution in [2.75, 3.05) is 25.2 Å². The number of fused-ring (bicyclic) bond motifs is 1. The maximum Gasteiger partial charge on any atom is 0.453 e. The summed E-state index contributed by atoms with van der Waals surface area (Å²) >= 11 is 0. The van der Waals surface area contributed by atoms with Gasteiger partial charge in [0.2, 0.25) is 0 Å². The topological polar surface area (TPSA) is 55.5 Å². The van der Waals surface area contributed by atoms with Crippen molar-refractivity contribution in [2.24, 2.45) is 5.92 Å². The Bertz CT molecular complexity index is 745. The zero-order valence-corrected chi connectivity index (χ0v) is 14.5. The van der Waals surface area contributed by atoms with Crippen LogP contribution >= 0.6 is 0 Å². The highest BCUT2D eigenvalue weighted by molar-refractivity contribution is 5.49. The van der Waals surface area contributed by atoms with E-state index in [1.807, 2.05) is 0 Å². The van der Waals surface area contributed by atoms with Gasteiger partial charge in [-0.1, -0.05) is 6.92 Å². The molecule has 0 radical (unpaired) electrons. The zero-order chi connectivity index (χ0) is 18.2. The fourth-order valence-electron chi connectivity index (χ4n) is 3.43. The van der Waals surface area contributed by atoms with Gasteiger partial charge in [0.25, 0.3) is 11.6 Å². The molecule has 1 aliphatic rings. The predicted octanol–water partition coefficient (Wildman–Crippen LogP) is 3.09. The molecule has 0 aliphatic heterocycles. The predicted molar refractivity (Wildman–Crippen MR) is 86.5 cm³/mol. The Morgan fingerprint density at radius 3 is 2.68 bits per heavy atom. The van der Waals surface area contributed by atoms with Gasteiger partial charge in [-0.2, -0.15) is 22.7 Å². The minimum atomic E-state index is -4.60. The lowest BCUT2D eigenvalue weighted by atomic mass is 10.1. The highest BCUT2D eigenvalue weighted by atomic mass is 19.4. The van der Waals surface area contributed by atoms with E-state index in [0.29, 0.717) is 30.6 Å².